The molecule has 24 heavy (non-hydrogen) atoms. The molecule has 0 bridgehead atoms. The first-order valence-corrected chi connectivity index (χ1v) is 9.98. The van der Waals surface area contributed by atoms with Crippen LogP contribution in [0.5, 0.6) is 0 Å². The summed E-state index contributed by atoms with van der Waals surface area (Å²) in [5.41, 5.74) is 0.390. The van der Waals surface area contributed by atoms with Gasteiger partial charge in [0.1, 0.15) is 10.7 Å². The van der Waals surface area contributed by atoms with Gasteiger partial charge in [-0.05, 0) is 25.0 Å². The van der Waals surface area contributed by atoms with E-state index in [-0.39, 0.29) is 17.7 Å². The predicted molar refractivity (Wildman–Crippen MR) is 97.7 cm³/mol. The molecule has 2 heterocycles. The topological polar surface area (TPSA) is 71.1 Å². The first kappa shape index (κ1) is 17.4. The molecular formula is C16H18ClN3O2S2. The highest BCUT2D eigenvalue weighted by Crippen LogP contribution is 2.32. The Bertz CT molecular complexity index is 722. The molecule has 1 aliphatic carbocycles. The molecule has 2 aromatic rings. The molecule has 0 spiro atoms. The van der Waals surface area contributed by atoms with E-state index >= 15 is 0 Å². The number of nitrogens with zero attached hydrogens (tertiary/aromatic N) is 1. The first-order valence-electron chi connectivity index (χ1n) is 7.90. The molecule has 1 saturated carbocycles. The first-order chi connectivity index (χ1) is 11.6. The Morgan fingerprint density at radius 2 is 1.96 bits per heavy atom. The third kappa shape index (κ3) is 4.34. The van der Waals surface area contributed by atoms with Crippen LogP contribution >= 0.6 is 34.3 Å². The molecule has 0 aromatic carbocycles. The second-order valence-electron chi connectivity index (χ2n) is 5.67. The van der Waals surface area contributed by atoms with Crippen LogP contribution in [0.15, 0.2) is 17.5 Å². The van der Waals surface area contributed by atoms with Gasteiger partial charge in [-0.3, -0.25) is 9.59 Å². The number of rotatable bonds is 6. The van der Waals surface area contributed by atoms with Gasteiger partial charge in [0, 0.05) is 24.4 Å². The van der Waals surface area contributed by atoms with Crippen LogP contribution in [0.1, 0.15) is 36.2 Å². The van der Waals surface area contributed by atoms with Crippen LogP contribution in [-0.4, -0.2) is 29.9 Å². The van der Waals surface area contributed by atoms with Crippen LogP contribution in [0.4, 0.5) is 0 Å². The maximum atomic E-state index is 12.1. The molecular weight excluding hydrogens is 366 g/mol. The van der Waals surface area contributed by atoms with E-state index in [0.717, 1.165) is 35.6 Å². The highest BCUT2D eigenvalue weighted by atomic mass is 35.5. The molecule has 0 radical (unpaired) electrons. The summed E-state index contributed by atoms with van der Waals surface area (Å²) in [6, 6.07) is 3.71. The zero-order valence-electron chi connectivity index (χ0n) is 13.0. The number of carbonyl (C=O) groups is 2. The number of halogens is 1. The second kappa shape index (κ2) is 8.09. The van der Waals surface area contributed by atoms with Crippen LogP contribution in [0.2, 0.25) is 4.34 Å². The molecule has 0 aliphatic heterocycles. The largest absolute Gasteiger partial charge is 0.354 e. The van der Waals surface area contributed by atoms with Crippen LogP contribution in [0.3, 0.4) is 0 Å². The number of nitrogens with one attached hydrogen (secondary N) is 2. The molecule has 5 nitrogen and oxygen atoms in total. The Morgan fingerprint density at radius 1 is 1.21 bits per heavy atom. The minimum Gasteiger partial charge on any atom is -0.354 e. The molecule has 2 amide bonds. The second-order valence-corrected chi connectivity index (χ2v) is 8.24. The van der Waals surface area contributed by atoms with Crippen LogP contribution < -0.4 is 10.6 Å². The van der Waals surface area contributed by atoms with Crippen molar-refractivity contribution in [1.29, 1.82) is 0 Å². The Balaban J connectivity index is 1.44. The SMILES string of the molecule is O=C(NCCNC(=O)C1CCCC1)c1csc(-c2ccc(Cl)s2)n1. The summed E-state index contributed by atoms with van der Waals surface area (Å²) in [5, 5.41) is 8.18. The number of hydrogen-bond donors (Lipinski definition) is 2. The van der Waals surface area contributed by atoms with E-state index in [9.17, 15) is 9.59 Å². The molecule has 2 aromatic heterocycles. The molecule has 3 rings (SSSR count). The van der Waals surface area contributed by atoms with Crippen molar-refractivity contribution in [1.82, 2.24) is 15.6 Å². The zero-order valence-corrected chi connectivity index (χ0v) is 15.4. The maximum absolute atomic E-state index is 12.1. The third-order valence-corrected chi connectivity index (χ3v) is 6.20. The van der Waals surface area contributed by atoms with E-state index in [1.807, 2.05) is 12.1 Å². The average Bonchev–Trinajstić information content (AvgIpc) is 3.30. The molecule has 8 heteroatoms. The van der Waals surface area contributed by atoms with Gasteiger partial charge in [0.05, 0.1) is 9.21 Å². The van der Waals surface area contributed by atoms with Gasteiger partial charge in [0.2, 0.25) is 5.91 Å². The van der Waals surface area contributed by atoms with Gasteiger partial charge in [-0.25, -0.2) is 4.98 Å². The van der Waals surface area contributed by atoms with Gasteiger partial charge in [0.25, 0.3) is 5.91 Å². The van der Waals surface area contributed by atoms with Crippen LogP contribution in [0.25, 0.3) is 9.88 Å². The maximum Gasteiger partial charge on any atom is 0.270 e. The minimum absolute atomic E-state index is 0.104. The number of thiazole rings is 1. The Hall–Kier alpha value is -1.44. The number of amides is 2. The minimum atomic E-state index is -0.227. The number of hydrogen-bond acceptors (Lipinski definition) is 5. The lowest BCUT2D eigenvalue weighted by Gasteiger charge is -2.10. The van der Waals surface area contributed by atoms with E-state index in [1.54, 1.807) is 5.38 Å². The number of aromatic nitrogens is 1. The summed E-state index contributed by atoms with van der Waals surface area (Å²) in [6.45, 7) is 0.841. The standard InChI is InChI=1S/C16H18ClN3O2S2/c17-13-6-5-12(24-13)16-20-11(9-23-16)15(22)19-8-7-18-14(21)10-3-1-2-4-10/h5-6,9-10H,1-4,7-8H2,(H,18,21)(H,19,22). The number of thiophene rings is 1. The van der Waals surface area contributed by atoms with Crippen molar-refractivity contribution in [3.63, 3.8) is 0 Å². The summed E-state index contributed by atoms with van der Waals surface area (Å²) in [6.07, 6.45) is 4.23. The molecule has 0 saturated heterocycles. The van der Waals surface area contributed by atoms with E-state index < -0.39 is 0 Å². The fourth-order valence-corrected chi connectivity index (χ4v) is 4.62. The average molecular weight is 384 g/mol. The molecule has 128 valence electrons. The lowest BCUT2D eigenvalue weighted by Crippen LogP contribution is -2.37. The molecule has 2 N–H and O–H groups in total. The number of carbonyl (C=O) groups excluding carboxylic acids is 2. The van der Waals surface area contributed by atoms with Crippen molar-refractivity contribution in [2.75, 3.05) is 13.1 Å². The fourth-order valence-electron chi connectivity index (χ4n) is 2.71. The lowest BCUT2D eigenvalue weighted by molar-refractivity contribution is -0.124. The quantitative estimate of drug-likeness (QED) is 0.749. The monoisotopic (exact) mass is 383 g/mol. The van der Waals surface area contributed by atoms with E-state index in [2.05, 4.69) is 15.6 Å². The summed E-state index contributed by atoms with van der Waals surface area (Å²) < 4.78 is 0.698. The van der Waals surface area contributed by atoms with Crippen molar-refractivity contribution < 1.29 is 9.59 Å². The highest BCUT2D eigenvalue weighted by molar-refractivity contribution is 7.23. The van der Waals surface area contributed by atoms with E-state index in [0.29, 0.717) is 23.1 Å². The predicted octanol–water partition coefficient (Wildman–Crippen LogP) is 3.56. The van der Waals surface area contributed by atoms with Gasteiger partial charge < -0.3 is 10.6 Å². The van der Waals surface area contributed by atoms with E-state index in [1.165, 1.54) is 22.7 Å². The Kier molecular flexibility index (Phi) is 5.86. The molecule has 0 atom stereocenters. The Labute approximate surface area is 153 Å². The normalized spacial score (nSPS) is 14.7. The van der Waals surface area contributed by atoms with Gasteiger partial charge in [-0.2, -0.15) is 0 Å². The van der Waals surface area contributed by atoms with Crippen LogP contribution in [0, 0.1) is 5.92 Å². The van der Waals surface area contributed by atoms with Crippen molar-refractivity contribution in [2.24, 2.45) is 5.92 Å². The Morgan fingerprint density at radius 3 is 2.67 bits per heavy atom. The molecule has 1 fully saturated rings. The van der Waals surface area contributed by atoms with Gasteiger partial charge >= 0.3 is 0 Å². The smallest absolute Gasteiger partial charge is 0.270 e. The van der Waals surface area contributed by atoms with Crippen LogP contribution in [-0.2, 0) is 4.79 Å². The lowest BCUT2D eigenvalue weighted by atomic mass is 10.1. The summed E-state index contributed by atoms with van der Waals surface area (Å²) in [5.74, 6) is 0.0296. The van der Waals surface area contributed by atoms with Crippen molar-refractivity contribution in [3.05, 3.63) is 27.5 Å². The van der Waals surface area contributed by atoms with Gasteiger partial charge in [-0.15, -0.1) is 22.7 Å². The van der Waals surface area contributed by atoms with Crippen molar-refractivity contribution in [3.8, 4) is 9.88 Å². The van der Waals surface area contributed by atoms with Gasteiger partial charge in [-0.1, -0.05) is 24.4 Å². The van der Waals surface area contributed by atoms with Gasteiger partial charge in [0.15, 0.2) is 0 Å². The van der Waals surface area contributed by atoms with Crippen molar-refractivity contribution >= 4 is 46.1 Å². The highest BCUT2D eigenvalue weighted by Gasteiger charge is 2.22. The third-order valence-electron chi connectivity index (χ3n) is 3.96. The zero-order chi connectivity index (χ0) is 16.9. The summed E-state index contributed by atoms with van der Waals surface area (Å²) in [4.78, 5) is 29.3. The molecule has 1 aliphatic rings. The van der Waals surface area contributed by atoms with Crippen molar-refractivity contribution in [2.45, 2.75) is 25.7 Å². The fraction of sp³-hybridized carbons (Fsp3) is 0.438. The van der Waals surface area contributed by atoms with E-state index in [4.69, 9.17) is 11.6 Å². The summed E-state index contributed by atoms with van der Waals surface area (Å²) in [7, 11) is 0. The molecule has 0 unspecified atom stereocenters. The summed E-state index contributed by atoms with van der Waals surface area (Å²) >= 11 is 8.77.